The Kier molecular flexibility index (Phi) is 5.34. The summed E-state index contributed by atoms with van der Waals surface area (Å²) in [6.07, 6.45) is 13.4. The van der Waals surface area contributed by atoms with Crippen LogP contribution in [0.5, 0.6) is 0 Å². The number of hydrogen-bond acceptors (Lipinski definition) is 1. The van der Waals surface area contributed by atoms with Gasteiger partial charge in [0.1, 0.15) is 0 Å². The summed E-state index contributed by atoms with van der Waals surface area (Å²) >= 11 is 0. The first kappa shape index (κ1) is 15.4. The van der Waals surface area contributed by atoms with Crippen LogP contribution in [0.15, 0.2) is 0 Å². The summed E-state index contributed by atoms with van der Waals surface area (Å²) in [4.78, 5) is 2.63. The van der Waals surface area contributed by atoms with Gasteiger partial charge in [-0.05, 0) is 62.8 Å². The number of nitrogens with zero attached hydrogens (tertiary/aromatic N) is 1. The molecule has 0 radical (unpaired) electrons. The standard InChI is InChI=1S/C18H35N/c1-5-6-7-16-12-18(13-16)10-8-17(9-11-18)19(4)14-15(2)3/h15-17H,5-14H2,1-4H3. The molecule has 0 bridgehead atoms. The zero-order chi connectivity index (χ0) is 13.9. The predicted molar refractivity (Wildman–Crippen MR) is 84.4 cm³/mol. The van der Waals surface area contributed by atoms with Gasteiger partial charge >= 0.3 is 0 Å². The summed E-state index contributed by atoms with van der Waals surface area (Å²) in [5.41, 5.74) is 0.799. The van der Waals surface area contributed by atoms with Crippen LogP contribution in [0.2, 0.25) is 0 Å². The smallest absolute Gasteiger partial charge is 0.00927 e. The predicted octanol–water partition coefficient (Wildman–Crippen LogP) is 5.10. The lowest BCUT2D eigenvalue weighted by Crippen LogP contribution is -2.45. The Balaban J connectivity index is 1.69. The van der Waals surface area contributed by atoms with Crippen molar-refractivity contribution in [1.29, 1.82) is 0 Å². The molecular formula is C18H35N. The van der Waals surface area contributed by atoms with E-state index in [4.69, 9.17) is 0 Å². The highest BCUT2D eigenvalue weighted by Gasteiger charge is 2.45. The monoisotopic (exact) mass is 265 g/mol. The molecule has 2 rings (SSSR count). The quantitative estimate of drug-likeness (QED) is 0.645. The van der Waals surface area contributed by atoms with Crippen molar-refractivity contribution in [3.8, 4) is 0 Å². The van der Waals surface area contributed by atoms with Gasteiger partial charge in [-0.15, -0.1) is 0 Å². The summed E-state index contributed by atoms with van der Waals surface area (Å²) in [5.74, 6) is 1.90. The number of rotatable bonds is 6. The lowest BCUT2D eigenvalue weighted by Gasteiger charge is -2.53. The van der Waals surface area contributed by atoms with Gasteiger partial charge in [0.25, 0.3) is 0 Å². The first-order valence-corrected chi connectivity index (χ1v) is 8.75. The lowest BCUT2D eigenvalue weighted by molar-refractivity contribution is -0.0138. The van der Waals surface area contributed by atoms with Gasteiger partial charge in [-0.25, -0.2) is 0 Å². The van der Waals surface area contributed by atoms with Crippen molar-refractivity contribution < 1.29 is 0 Å². The van der Waals surface area contributed by atoms with Crippen LogP contribution < -0.4 is 0 Å². The maximum absolute atomic E-state index is 2.63. The first-order chi connectivity index (χ1) is 9.04. The molecule has 19 heavy (non-hydrogen) atoms. The van der Waals surface area contributed by atoms with E-state index in [-0.39, 0.29) is 0 Å². The molecule has 0 aromatic rings. The highest BCUT2D eigenvalue weighted by atomic mass is 15.1. The summed E-state index contributed by atoms with van der Waals surface area (Å²) in [7, 11) is 2.34. The van der Waals surface area contributed by atoms with E-state index in [0.29, 0.717) is 0 Å². The zero-order valence-corrected chi connectivity index (χ0v) is 13.8. The average Bonchev–Trinajstić information content (AvgIpc) is 2.33. The van der Waals surface area contributed by atoms with Gasteiger partial charge in [0.2, 0.25) is 0 Å². The highest BCUT2D eigenvalue weighted by molar-refractivity contribution is 4.97. The molecule has 1 heteroatoms. The minimum absolute atomic E-state index is 0.799. The maximum atomic E-state index is 2.63. The molecule has 1 spiro atoms. The zero-order valence-electron chi connectivity index (χ0n) is 13.8. The molecule has 0 unspecified atom stereocenters. The van der Waals surface area contributed by atoms with E-state index >= 15 is 0 Å². The number of hydrogen-bond donors (Lipinski definition) is 0. The largest absolute Gasteiger partial charge is 0.303 e. The Bertz CT molecular complexity index is 255. The van der Waals surface area contributed by atoms with E-state index in [1.807, 2.05) is 0 Å². The number of unbranched alkanes of at least 4 members (excludes halogenated alkanes) is 1. The van der Waals surface area contributed by atoms with Crippen molar-refractivity contribution in [2.45, 2.75) is 84.6 Å². The van der Waals surface area contributed by atoms with Crippen molar-refractivity contribution in [3.63, 3.8) is 0 Å². The molecule has 2 saturated carbocycles. The minimum Gasteiger partial charge on any atom is -0.303 e. The molecule has 1 nitrogen and oxygen atoms in total. The van der Waals surface area contributed by atoms with Crippen molar-refractivity contribution in [2.24, 2.45) is 17.3 Å². The van der Waals surface area contributed by atoms with Gasteiger partial charge in [-0.3, -0.25) is 0 Å². The lowest BCUT2D eigenvalue weighted by atomic mass is 9.54. The van der Waals surface area contributed by atoms with E-state index in [2.05, 4.69) is 32.7 Å². The fourth-order valence-electron chi connectivity index (χ4n) is 4.65. The van der Waals surface area contributed by atoms with Gasteiger partial charge in [-0.2, -0.15) is 0 Å². The molecule has 2 fully saturated rings. The second kappa shape index (κ2) is 6.61. The van der Waals surface area contributed by atoms with E-state index in [1.54, 1.807) is 12.8 Å². The van der Waals surface area contributed by atoms with Crippen LogP contribution in [0.3, 0.4) is 0 Å². The average molecular weight is 265 g/mol. The molecule has 0 aliphatic heterocycles. The second-order valence-electron chi connectivity index (χ2n) is 7.98. The van der Waals surface area contributed by atoms with Crippen LogP contribution in [0.1, 0.15) is 78.6 Å². The first-order valence-electron chi connectivity index (χ1n) is 8.75. The maximum Gasteiger partial charge on any atom is 0.00927 e. The van der Waals surface area contributed by atoms with E-state index < -0.39 is 0 Å². The van der Waals surface area contributed by atoms with Crippen LogP contribution in [0.25, 0.3) is 0 Å². The summed E-state index contributed by atoms with van der Waals surface area (Å²) in [6.45, 7) is 8.27. The van der Waals surface area contributed by atoms with Gasteiger partial charge in [0.05, 0.1) is 0 Å². The van der Waals surface area contributed by atoms with Gasteiger partial charge < -0.3 is 4.90 Å². The Morgan fingerprint density at radius 1 is 1.16 bits per heavy atom. The summed E-state index contributed by atoms with van der Waals surface area (Å²) in [6, 6.07) is 0.878. The molecule has 0 heterocycles. The molecule has 0 atom stereocenters. The summed E-state index contributed by atoms with van der Waals surface area (Å²) < 4.78 is 0. The normalized spacial score (nSPS) is 35.1. The Labute approximate surface area is 121 Å². The van der Waals surface area contributed by atoms with Crippen molar-refractivity contribution in [1.82, 2.24) is 4.90 Å². The molecule has 0 aromatic heterocycles. The van der Waals surface area contributed by atoms with Crippen molar-refractivity contribution in [2.75, 3.05) is 13.6 Å². The van der Waals surface area contributed by atoms with Crippen molar-refractivity contribution >= 4 is 0 Å². The fourth-order valence-corrected chi connectivity index (χ4v) is 4.65. The van der Waals surface area contributed by atoms with E-state index in [0.717, 1.165) is 23.3 Å². The van der Waals surface area contributed by atoms with Gasteiger partial charge in [-0.1, -0.05) is 40.0 Å². The third kappa shape index (κ3) is 3.97. The molecule has 2 aliphatic rings. The van der Waals surface area contributed by atoms with Gasteiger partial charge in [0, 0.05) is 12.6 Å². The van der Waals surface area contributed by atoms with Gasteiger partial charge in [0.15, 0.2) is 0 Å². The third-order valence-electron chi connectivity index (χ3n) is 5.70. The molecule has 0 aromatic carbocycles. The SMILES string of the molecule is CCCCC1CC2(CCC(N(C)CC(C)C)CC2)C1. The molecule has 0 amide bonds. The van der Waals surface area contributed by atoms with E-state index in [9.17, 15) is 0 Å². The molecule has 112 valence electrons. The van der Waals surface area contributed by atoms with Crippen LogP contribution in [-0.2, 0) is 0 Å². The van der Waals surface area contributed by atoms with Crippen LogP contribution in [-0.4, -0.2) is 24.5 Å². The molecular weight excluding hydrogens is 230 g/mol. The second-order valence-corrected chi connectivity index (χ2v) is 7.98. The highest BCUT2D eigenvalue weighted by Crippen LogP contribution is 2.56. The molecule has 0 saturated heterocycles. The Morgan fingerprint density at radius 2 is 1.79 bits per heavy atom. The van der Waals surface area contributed by atoms with Crippen LogP contribution >= 0.6 is 0 Å². The minimum atomic E-state index is 0.799. The van der Waals surface area contributed by atoms with Crippen LogP contribution in [0, 0.1) is 17.3 Å². The summed E-state index contributed by atoms with van der Waals surface area (Å²) in [5, 5.41) is 0. The Morgan fingerprint density at radius 3 is 2.32 bits per heavy atom. The van der Waals surface area contributed by atoms with E-state index in [1.165, 1.54) is 51.5 Å². The van der Waals surface area contributed by atoms with Crippen LogP contribution in [0.4, 0.5) is 0 Å². The molecule has 2 aliphatic carbocycles. The topological polar surface area (TPSA) is 3.24 Å². The van der Waals surface area contributed by atoms with Crippen molar-refractivity contribution in [3.05, 3.63) is 0 Å². The fraction of sp³-hybridized carbons (Fsp3) is 1.00. The molecule has 0 N–H and O–H groups in total. The Hall–Kier alpha value is -0.0400. The third-order valence-corrected chi connectivity index (χ3v) is 5.70.